The molecule has 0 aliphatic heterocycles. The smallest absolute Gasteiger partial charge is 0.119 e. The summed E-state index contributed by atoms with van der Waals surface area (Å²) in [7, 11) is 3.66. The molecule has 0 saturated heterocycles. The Hall–Kier alpha value is -1.06. The summed E-state index contributed by atoms with van der Waals surface area (Å²) in [6.45, 7) is 3.90. The maximum atomic E-state index is 6.06. The molecule has 21 heavy (non-hydrogen) atoms. The minimum atomic E-state index is 0.0979. The maximum Gasteiger partial charge on any atom is 0.119 e. The summed E-state index contributed by atoms with van der Waals surface area (Å²) in [5.41, 5.74) is 1.18. The SMILES string of the molecule is CCCCCCCCOC(CNC)c1cccc(OC)c1. The van der Waals surface area contributed by atoms with Crippen molar-refractivity contribution in [3.05, 3.63) is 29.8 Å². The van der Waals surface area contributed by atoms with E-state index in [1.807, 2.05) is 19.2 Å². The molecule has 0 heterocycles. The zero-order valence-corrected chi connectivity index (χ0v) is 13.9. The zero-order chi connectivity index (χ0) is 15.3. The van der Waals surface area contributed by atoms with Crippen LogP contribution in [0.5, 0.6) is 5.75 Å². The summed E-state index contributed by atoms with van der Waals surface area (Å²) in [4.78, 5) is 0. The second-order valence-corrected chi connectivity index (χ2v) is 5.46. The van der Waals surface area contributed by atoms with E-state index in [1.54, 1.807) is 7.11 Å². The van der Waals surface area contributed by atoms with Crippen LogP contribution in [0.25, 0.3) is 0 Å². The topological polar surface area (TPSA) is 30.5 Å². The van der Waals surface area contributed by atoms with Gasteiger partial charge in [-0.2, -0.15) is 0 Å². The Morgan fingerprint density at radius 3 is 2.57 bits per heavy atom. The monoisotopic (exact) mass is 293 g/mol. The van der Waals surface area contributed by atoms with E-state index in [4.69, 9.17) is 9.47 Å². The van der Waals surface area contributed by atoms with Crippen molar-refractivity contribution in [1.29, 1.82) is 0 Å². The highest BCUT2D eigenvalue weighted by molar-refractivity contribution is 5.30. The second kappa shape index (κ2) is 11.6. The third kappa shape index (κ3) is 7.49. The first kappa shape index (κ1) is 18.0. The van der Waals surface area contributed by atoms with Gasteiger partial charge >= 0.3 is 0 Å². The van der Waals surface area contributed by atoms with E-state index < -0.39 is 0 Å². The molecule has 0 aromatic heterocycles. The third-order valence-electron chi connectivity index (χ3n) is 3.67. The van der Waals surface area contributed by atoms with Crippen molar-refractivity contribution in [2.24, 2.45) is 0 Å². The molecule has 0 spiro atoms. The van der Waals surface area contributed by atoms with Gasteiger partial charge in [-0.1, -0.05) is 51.2 Å². The van der Waals surface area contributed by atoms with Gasteiger partial charge in [-0.25, -0.2) is 0 Å². The average Bonchev–Trinajstić information content (AvgIpc) is 2.53. The molecule has 0 aliphatic rings. The number of hydrogen-bond acceptors (Lipinski definition) is 3. The van der Waals surface area contributed by atoms with Crippen molar-refractivity contribution in [3.8, 4) is 5.75 Å². The van der Waals surface area contributed by atoms with Crippen LogP contribution in [0.4, 0.5) is 0 Å². The number of benzene rings is 1. The number of ether oxygens (including phenoxy) is 2. The molecule has 0 aliphatic carbocycles. The molecule has 0 amide bonds. The average molecular weight is 293 g/mol. The highest BCUT2D eigenvalue weighted by Crippen LogP contribution is 2.22. The Bertz CT molecular complexity index is 368. The van der Waals surface area contributed by atoms with E-state index in [9.17, 15) is 0 Å². The molecule has 3 heteroatoms. The van der Waals surface area contributed by atoms with Crippen LogP contribution in [0, 0.1) is 0 Å². The summed E-state index contributed by atoms with van der Waals surface area (Å²) in [6.07, 6.45) is 7.85. The van der Waals surface area contributed by atoms with Crippen molar-refractivity contribution in [2.75, 3.05) is 27.3 Å². The first-order chi connectivity index (χ1) is 10.3. The van der Waals surface area contributed by atoms with Gasteiger partial charge in [0.25, 0.3) is 0 Å². The van der Waals surface area contributed by atoms with E-state index in [2.05, 4.69) is 24.4 Å². The molecule has 1 N–H and O–H groups in total. The molecule has 0 saturated carbocycles. The van der Waals surface area contributed by atoms with Crippen molar-refractivity contribution < 1.29 is 9.47 Å². The van der Waals surface area contributed by atoms with Crippen LogP contribution in [-0.4, -0.2) is 27.3 Å². The standard InChI is InChI=1S/C18H31NO2/c1-4-5-6-7-8-9-13-21-18(15-19-2)16-11-10-12-17(14-16)20-3/h10-12,14,18-19H,4-9,13,15H2,1-3H3. The summed E-state index contributed by atoms with van der Waals surface area (Å²) >= 11 is 0. The molecule has 120 valence electrons. The molecule has 1 unspecified atom stereocenters. The summed E-state index contributed by atoms with van der Waals surface area (Å²) in [5.74, 6) is 0.886. The normalized spacial score (nSPS) is 12.3. The van der Waals surface area contributed by atoms with Crippen LogP contribution in [0.15, 0.2) is 24.3 Å². The number of rotatable bonds is 12. The molecule has 0 radical (unpaired) electrons. The third-order valence-corrected chi connectivity index (χ3v) is 3.67. The van der Waals surface area contributed by atoms with Gasteiger partial charge in [0.1, 0.15) is 5.75 Å². The van der Waals surface area contributed by atoms with Crippen LogP contribution in [-0.2, 0) is 4.74 Å². The highest BCUT2D eigenvalue weighted by atomic mass is 16.5. The van der Waals surface area contributed by atoms with Crippen molar-refractivity contribution in [3.63, 3.8) is 0 Å². The summed E-state index contributed by atoms with van der Waals surface area (Å²) < 4.78 is 11.3. The summed E-state index contributed by atoms with van der Waals surface area (Å²) in [6, 6.07) is 8.15. The molecule has 1 aromatic carbocycles. The van der Waals surface area contributed by atoms with Gasteiger partial charge in [-0.3, -0.25) is 0 Å². The van der Waals surface area contributed by atoms with Gasteiger partial charge in [0.05, 0.1) is 13.2 Å². The number of nitrogens with one attached hydrogen (secondary N) is 1. The fraction of sp³-hybridized carbons (Fsp3) is 0.667. The number of likely N-dealkylation sites (N-methyl/N-ethyl adjacent to an activating group) is 1. The van der Waals surface area contributed by atoms with Gasteiger partial charge in [0.2, 0.25) is 0 Å². The lowest BCUT2D eigenvalue weighted by atomic mass is 10.1. The molecule has 0 fully saturated rings. The maximum absolute atomic E-state index is 6.06. The first-order valence-corrected chi connectivity index (χ1v) is 8.22. The lowest BCUT2D eigenvalue weighted by Crippen LogP contribution is -2.20. The molecular formula is C18H31NO2. The van der Waals surface area contributed by atoms with Gasteiger partial charge in [-0.15, -0.1) is 0 Å². The van der Waals surface area contributed by atoms with E-state index in [-0.39, 0.29) is 6.10 Å². The van der Waals surface area contributed by atoms with Crippen molar-refractivity contribution >= 4 is 0 Å². The fourth-order valence-corrected chi connectivity index (χ4v) is 2.41. The Balaban J connectivity index is 2.35. The van der Waals surface area contributed by atoms with Crippen molar-refractivity contribution in [1.82, 2.24) is 5.32 Å². The van der Waals surface area contributed by atoms with E-state index in [1.165, 1.54) is 37.7 Å². The fourth-order valence-electron chi connectivity index (χ4n) is 2.41. The largest absolute Gasteiger partial charge is 0.497 e. The van der Waals surface area contributed by atoms with Crippen LogP contribution >= 0.6 is 0 Å². The number of unbranched alkanes of at least 4 members (excludes halogenated alkanes) is 5. The Morgan fingerprint density at radius 2 is 1.86 bits per heavy atom. The predicted molar refractivity (Wildman–Crippen MR) is 89.0 cm³/mol. The minimum absolute atomic E-state index is 0.0979. The minimum Gasteiger partial charge on any atom is -0.497 e. The Labute approximate surface area is 130 Å². The molecule has 0 bridgehead atoms. The molecule has 1 aromatic rings. The van der Waals surface area contributed by atoms with Gasteiger partial charge < -0.3 is 14.8 Å². The lowest BCUT2D eigenvalue weighted by molar-refractivity contribution is 0.0510. The van der Waals surface area contributed by atoms with Gasteiger partial charge in [-0.05, 0) is 31.2 Å². The first-order valence-electron chi connectivity index (χ1n) is 8.22. The van der Waals surface area contributed by atoms with Crippen LogP contribution in [0.3, 0.4) is 0 Å². The predicted octanol–water partition coefficient (Wildman–Crippen LogP) is 4.33. The van der Waals surface area contributed by atoms with Crippen molar-refractivity contribution in [2.45, 2.75) is 51.6 Å². The molecule has 1 atom stereocenters. The Kier molecular flexibility index (Phi) is 9.92. The molecule has 3 nitrogen and oxygen atoms in total. The molecule has 1 rings (SSSR count). The second-order valence-electron chi connectivity index (χ2n) is 5.46. The van der Waals surface area contributed by atoms with Gasteiger partial charge in [0.15, 0.2) is 0 Å². The van der Waals surface area contributed by atoms with E-state index in [0.717, 1.165) is 25.3 Å². The summed E-state index contributed by atoms with van der Waals surface area (Å²) in [5, 5.41) is 3.21. The number of methoxy groups -OCH3 is 1. The Morgan fingerprint density at radius 1 is 1.10 bits per heavy atom. The number of hydrogen-bond donors (Lipinski definition) is 1. The van der Waals surface area contributed by atoms with Crippen LogP contribution < -0.4 is 10.1 Å². The zero-order valence-electron chi connectivity index (χ0n) is 13.9. The van der Waals surface area contributed by atoms with E-state index in [0.29, 0.717) is 0 Å². The van der Waals surface area contributed by atoms with Crippen LogP contribution in [0.2, 0.25) is 0 Å². The quantitative estimate of drug-likeness (QED) is 0.582. The van der Waals surface area contributed by atoms with E-state index >= 15 is 0 Å². The van der Waals surface area contributed by atoms with Gasteiger partial charge in [0, 0.05) is 13.2 Å². The highest BCUT2D eigenvalue weighted by Gasteiger charge is 2.11. The van der Waals surface area contributed by atoms with Crippen LogP contribution in [0.1, 0.15) is 57.1 Å². The molecular weight excluding hydrogens is 262 g/mol. The lowest BCUT2D eigenvalue weighted by Gasteiger charge is -2.18.